The highest BCUT2D eigenvalue weighted by molar-refractivity contribution is 5.82. The summed E-state index contributed by atoms with van der Waals surface area (Å²) in [6.07, 6.45) is 0. The van der Waals surface area contributed by atoms with Crippen LogP contribution in [0.1, 0.15) is 19.4 Å². The summed E-state index contributed by atoms with van der Waals surface area (Å²) < 4.78 is 5.15. The first-order chi connectivity index (χ1) is 10.5. The molecule has 0 aliphatic carbocycles. The highest BCUT2D eigenvalue weighted by Gasteiger charge is 2.33. The number of ether oxygens (including phenoxy) is 1. The molecule has 1 aromatic rings. The second-order valence-corrected chi connectivity index (χ2v) is 6.23. The predicted molar refractivity (Wildman–Crippen MR) is 85.6 cm³/mol. The van der Waals surface area contributed by atoms with Gasteiger partial charge in [-0.3, -0.25) is 4.79 Å². The number of amides is 1. The SMILES string of the molecule is COCC(C)(C)C(=O)N1CCN(c2ccccc2C#N)CC1. The van der Waals surface area contributed by atoms with Gasteiger partial charge in [0.1, 0.15) is 6.07 Å². The molecule has 118 valence electrons. The van der Waals surface area contributed by atoms with E-state index in [1.807, 2.05) is 43.0 Å². The van der Waals surface area contributed by atoms with Crippen molar-refractivity contribution < 1.29 is 9.53 Å². The van der Waals surface area contributed by atoms with E-state index in [1.165, 1.54) is 0 Å². The van der Waals surface area contributed by atoms with Gasteiger partial charge >= 0.3 is 0 Å². The molecule has 0 unspecified atom stereocenters. The van der Waals surface area contributed by atoms with Crippen LogP contribution >= 0.6 is 0 Å². The fourth-order valence-electron chi connectivity index (χ4n) is 2.84. The third kappa shape index (κ3) is 3.40. The summed E-state index contributed by atoms with van der Waals surface area (Å²) in [5.74, 6) is 0.127. The zero-order valence-electron chi connectivity index (χ0n) is 13.5. The molecular weight excluding hydrogens is 278 g/mol. The number of carbonyl (C=O) groups is 1. The van der Waals surface area contributed by atoms with Crippen LogP contribution in [0.5, 0.6) is 0 Å². The van der Waals surface area contributed by atoms with Gasteiger partial charge < -0.3 is 14.5 Å². The van der Waals surface area contributed by atoms with Gasteiger partial charge in [0.25, 0.3) is 0 Å². The summed E-state index contributed by atoms with van der Waals surface area (Å²) in [7, 11) is 1.62. The van der Waals surface area contributed by atoms with Gasteiger partial charge in [-0.1, -0.05) is 12.1 Å². The number of piperazine rings is 1. The van der Waals surface area contributed by atoms with Crippen LogP contribution in [0.25, 0.3) is 0 Å². The van der Waals surface area contributed by atoms with Gasteiger partial charge in [0, 0.05) is 33.3 Å². The molecule has 0 bridgehead atoms. The third-order valence-corrected chi connectivity index (χ3v) is 4.02. The third-order valence-electron chi connectivity index (χ3n) is 4.02. The molecule has 0 radical (unpaired) electrons. The fraction of sp³-hybridized carbons (Fsp3) is 0.529. The lowest BCUT2D eigenvalue weighted by atomic mass is 9.92. The summed E-state index contributed by atoms with van der Waals surface area (Å²) in [4.78, 5) is 16.6. The van der Waals surface area contributed by atoms with Crippen molar-refractivity contribution in [3.8, 4) is 6.07 Å². The number of hydrogen-bond acceptors (Lipinski definition) is 4. The zero-order chi connectivity index (χ0) is 16.2. The Bertz CT molecular complexity index is 570. The number of benzene rings is 1. The molecular formula is C17H23N3O2. The number of nitriles is 1. The largest absolute Gasteiger partial charge is 0.384 e. The molecule has 0 N–H and O–H groups in total. The summed E-state index contributed by atoms with van der Waals surface area (Å²) in [6, 6.07) is 9.83. The predicted octanol–water partition coefficient (Wildman–Crippen LogP) is 1.88. The molecule has 5 nitrogen and oxygen atoms in total. The molecule has 0 atom stereocenters. The minimum atomic E-state index is -0.499. The Morgan fingerprint density at radius 2 is 1.91 bits per heavy atom. The van der Waals surface area contributed by atoms with Crippen LogP contribution in [-0.2, 0) is 9.53 Å². The van der Waals surface area contributed by atoms with Crippen molar-refractivity contribution in [2.75, 3.05) is 44.8 Å². The summed E-state index contributed by atoms with van der Waals surface area (Å²) in [6.45, 7) is 7.08. The van der Waals surface area contributed by atoms with Gasteiger partial charge in [0.2, 0.25) is 5.91 Å². The van der Waals surface area contributed by atoms with Crippen LogP contribution in [0, 0.1) is 16.7 Å². The van der Waals surface area contributed by atoms with Crippen LogP contribution in [-0.4, -0.2) is 50.7 Å². The van der Waals surface area contributed by atoms with Crippen molar-refractivity contribution in [2.24, 2.45) is 5.41 Å². The molecule has 0 saturated carbocycles. The molecule has 1 saturated heterocycles. The van der Waals surface area contributed by atoms with E-state index in [0.29, 0.717) is 25.3 Å². The minimum Gasteiger partial charge on any atom is -0.384 e. The van der Waals surface area contributed by atoms with Crippen LogP contribution in [0.2, 0.25) is 0 Å². The number of anilines is 1. The molecule has 1 aliphatic rings. The van der Waals surface area contributed by atoms with Crippen molar-refractivity contribution >= 4 is 11.6 Å². The molecule has 0 aromatic heterocycles. The maximum Gasteiger partial charge on any atom is 0.230 e. The second-order valence-electron chi connectivity index (χ2n) is 6.23. The van der Waals surface area contributed by atoms with E-state index in [-0.39, 0.29) is 5.91 Å². The Labute approximate surface area is 132 Å². The molecule has 5 heteroatoms. The number of nitrogens with zero attached hydrogens (tertiary/aromatic N) is 3. The van der Waals surface area contributed by atoms with Crippen molar-refractivity contribution in [1.29, 1.82) is 5.26 Å². The molecule has 1 fully saturated rings. The van der Waals surface area contributed by atoms with Crippen LogP contribution < -0.4 is 4.90 Å². The van der Waals surface area contributed by atoms with Gasteiger partial charge in [0.15, 0.2) is 0 Å². The van der Waals surface area contributed by atoms with Gasteiger partial charge in [-0.05, 0) is 26.0 Å². The molecule has 2 rings (SSSR count). The number of rotatable bonds is 4. The van der Waals surface area contributed by atoms with Crippen molar-refractivity contribution in [3.05, 3.63) is 29.8 Å². The number of hydrogen-bond donors (Lipinski definition) is 0. The van der Waals surface area contributed by atoms with E-state index < -0.39 is 5.41 Å². The summed E-state index contributed by atoms with van der Waals surface area (Å²) in [5.41, 5.74) is 1.14. The van der Waals surface area contributed by atoms with E-state index in [2.05, 4.69) is 11.0 Å². The average Bonchev–Trinajstić information content (AvgIpc) is 2.54. The second kappa shape index (κ2) is 6.80. The molecule has 1 amide bonds. The Morgan fingerprint density at radius 1 is 1.27 bits per heavy atom. The van der Waals surface area contributed by atoms with E-state index in [1.54, 1.807) is 7.11 Å². The standard InChI is InChI=1S/C17H23N3O2/c1-17(2,13-22-3)16(21)20-10-8-19(9-11-20)15-7-5-4-6-14(15)12-18/h4-7H,8-11,13H2,1-3H3. The maximum atomic E-state index is 12.6. The lowest BCUT2D eigenvalue weighted by Gasteiger charge is -2.39. The molecule has 1 aromatic carbocycles. The lowest BCUT2D eigenvalue weighted by Crippen LogP contribution is -2.53. The van der Waals surface area contributed by atoms with Crippen molar-refractivity contribution in [3.63, 3.8) is 0 Å². The first-order valence-corrected chi connectivity index (χ1v) is 7.52. The van der Waals surface area contributed by atoms with Gasteiger partial charge in [0.05, 0.1) is 23.3 Å². The normalized spacial score (nSPS) is 15.5. The van der Waals surface area contributed by atoms with Gasteiger partial charge in [-0.25, -0.2) is 0 Å². The Hall–Kier alpha value is -2.06. The minimum absolute atomic E-state index is 0.127. The quantitative estimate of drug-likeness (QED) is 0.852. The smallest absolute Gasteiger partial charge is 0.230 e. The van der Waals surface area contributed by atoms with Gasteiger partial charge in [-0.15, -0.1) is 0 Å². The average molecular weight is 301 g/mol. The molecule has 1 heterocycles. The van der Waals surface area contributed by atoms with E-state index >= 15 is 0 Å². The monoisotopic (exact) mass is 301 g/mol. The zero-order valence-corrected chi connectivity index (χ0v) is 13.5. The van der Waals surface area contributed by atoms with E-state index in [9.17, 15) is 10.1 Å². The van der Waals surface area contributed by atoms with E-state index in [0.717, 1.165) is 18.8 Å². The van der Waals surface area contributed by atoms with Crippen molar-refractivity contribution in [2.45, 2.75) is 13.8 Å². The van der Waals surface area contributed by atoms with Crippen molar-refractivity contribution in [1.82, 2.24) is 4.90 Å². The molecule has 1 aliphatic heterocycles. The van der Waals surface area contributed by atoms with Crippen LogP contribution in [0.4, 0.5) is 5.69 Å². The maximum absolute atomic E-state index is 12.6. The highest BCUT2D eigenvalue weighted by atomic mass is 16.5. The first-order valence-electron chi connectivity index (χ1n) is 7.52. The Morgan fingerprint density at radius 3 is 2.50 bits per heavy atom. The Balaban J connectivity index is 2.02. The highest BCUT2D eigenvalue weighted by Crippen LogP contribution is 2.24. The summed E-state index contributed by atoms with van der Waals surface area (Å²) >= 11 is 0. The van der Waals surface area contributed by atoms with Gasteiger partial charge in [-0.2, -0.15) is 5.26 Å². The topological polar surface area (TPSA) is 56.6 Å². The van der Waals surface area contributed by atoms with Crippen LogP contribution in [0.3, 0.4) is 0 Å². The van der Waals surface area contributed by atoms with Crippen LogP contribution in [0.15, 0.2) is 24.3 Å². The Kier molecular flexibility index (Phi) is 5.04. The summed E-state index contributed by atoms with van der Waals surface area (Å²) in [5, 5.41) is 9.20. The first kappa shape index (κ1) is 16.3. The number of methoxy groups -OCH3 is 1. The molecule has 0 spiro atoms. The number of carbonyl (C=O) groups excluding carboxylic acids is 1. The fourth-order valence-corrected chi connectivity index (χ4v) is 2.84. The number of para-hydroxylation sites is 1. The lowest BCUT2D eigenvalue weighted by molar-refractivity contribution is -0.143. The molecule has 22 heavy (non-hydrogen) atoms. The van der Waals surface area contributed by atoms with E-state index in [4.69, 9.17) is 4.74 Å².